The number of carbonyl (C=O) groups excluding carboxylic acids is 1. The van der Waals surface area contributed by atoms with Crippen molar-refractivity contribution in [1.82, 2.24) is 9.55 Å². The molecule has 186 valence electrons. The number of aromatic amines is 1. The number of nitro groups is 1. The third-order valence-electron chi connectivity index (χ3n) is 4.86. The maximum Gasteiger partial charge on any atom is 0.330 e. The predicted molar refractivity (Wildman–Crippen MR) is 128 cm³/mol. The predicted octanol–water partition coefficient (Wildman–Crippen LogP) is 1.03. The summed E-state index contributed by atoms with van der Waals surface area (Å²) < 4.78 is 11.2. The zero-order chi connectivity index (χ0) is 25.4. The van der Waals surface area contributed by atoms with Crippen LogP contribution in [-0.4, -0.2) is 60.9 Å². The van der Waals surface area contributed by atoms with Gasteiger partial charge in [-0.15, -0.1) is 0 Å². The molecule has 1 heterocycles. The second-order valence-corrected chi connectivity index (χ2v) is 7.86. The number of nitrogens with zero attached hydrogens (tertiary/aromatic N) is 3. The lowest BCUT2D eigenvalue weighted by molar-refractivity contribution is -0.384. The molecule has 0 aliphatic carbocycles. The molecule has 0 aliphatic rings. The Balaban J connectivity index is 2.58. The number of H-pyrrole nitrogens is 1. The summed E-state index contributed by atoms with van der Waals surface area (Å²) >= 11 is 0. The van der Waals surface area contributed by atoms with Crippen LogP contribution < -0.4 is 27.2 Å². The van der Waals surface area contributed by atoms with Gasteiger partial charge < -0.3 is 20.5 Å². The molecule has 34 heavy (non-hydrogen) atoms. The molecule has 0 fully saturated rings. The van der Waals surface area contributed by atoms with Crippen LogP contribution in [0, 0.1) is 16.0 Å². The van der Waals surface area contributed by atoms with Gasteiger partial charge in [-0.3, -0.25) is 34.2 Å². The van der Waals surface area contributed by atoms with Crippen molar-refractivity contribution >= 4 is 28.8 Å². The lowest BCUT2D eigenvalue weighted by Crippen LogP contribution is -2.42. The summed E-state index contributed by atoms with van der Waals surface area (Å²) in [5.41, 5.74) is 4.25. The molecular weight excluding hydrogens is 448 g/mol. The number of nitrogens with one attached hydrogen (secondary N) is 2. The number of benzene rings is 1. The van der Waals surface area contributed by atoms with Gasteiger partial charge in [-0.25, -0.2) is 4.79 Å². The topological polar surface area (TPSA) is 175 Å². The molecule has 13 nitrogen and oxygen atoms in total. The van der Waals surface area contributed by atoms with Gasteiger partial charge in [0.05, 0.1) is 18.1 Å². The van der Waals surface area contributed by atoms with E-state index >= 15 is 0 Å². The van der Waals surface area contributed by atoms with Gasteiger partial charge in [0.15, 0.2) is 5.69 Å². The number of rotatable bonds is 12. The molecule has 0 aliphatic heterocycles. The van der Waals surface area contributed by atoms with Crippen molar-refractivity contribution in [3.63, 3.8) is 0 Å². The SMILES string of the molecule is COCCNc1ccc(C(=O)N(CCOC)c2c(N)n(CC(C)C)c(=O)[nH]c2=O)cc1[N+](=O)[O-]. The molecule has 0 atom stereocenters. The highest BCUT2D eigenvalue weighted by molar-refractivity contribution is 6.08. The third kappa shape index (κ3) is 6.20. The van der Waals surface area contributed by atoms with E-state index in [1.54, 1.807) is 0 Å². The molecule has 2 aromatic rings. The van der Waals surface area contributed by atoms with Crippen LogP contribution in [0.15, 0.2) is 27.8 Å². The van der Waals surface area contributed by atoms with Gasteiger partial charge >= 0.3 is 5.69 Å². The summed E-state index contributed by atoms with van der Waals surface area (Å²) in [5.74, 6) is -0.863. The highest BCUT2D eigenvalue weighted by Crippen LogP contribution is 2.27. The highest BCUT2D eigenvalue weighted by atomic mass is 16.6. The number of anilines is 3. The number of nitro benzene ring substituents is 1. The Kier molecular flexibility index (Phi) is 9.33. The summed E-state index contributed by atoms with van der Waals surface area (Å²) in [5, 5.41) is 14.5. The summed E-state index contributed by atoms with van der Waals surface area (Å²) in [4.78, 5) is 52.7. The number of ether oxygens (including phenoxy) is 2. The first-order valence-electron chi connectivity index (χ1n) is 10.6. The average Bonchev–Trinajstić information content (AvgIpc) is 2.78. The lowest BCUT2D eigenvalue weighted by Gasteiger charge is -2.25. The van der Waals surface area contributed by atoms with Crippen molar-refractivity contribution in [2.24, 2.45) is 5.92 Å². The van der Waals surface area contributed by atoms with Gasteiger partial charge in [-0.05, 0) is 18.1 Å². The minimum absolute atomic E-state index is 0.0303. The summed E-state index contributed by atoms with van der Waals surface area (Å²) in [6.45, 7) is 4.58. The third-order valence-corrected chi connectivity index (χ3v) is 4.86. The normalized spacial score (nSPS) is 11.0. The van der Waals surface area contributed by atoms with E-state index in [-0.39, 0.29) is 54.1 Å². The largest absolute Gasteiger partial charge is 0.383 e. The number of carbonyl (C=O) groups is 1. The smallest absolute Gasteiger partial charge is 0.330 e. The highest BCUT2D eigenvalue weighted by Gasteiger charge is 2.27. The summed E-state index contributed by atoms with van der Waals surface area (Å²) in [6.07, 6.45) is 0. The van der Waals surface area contributed by atoms with E-state index in [9.17, 15) is 24.5 Å². The zero-order valence-electron chi connectivity index (χ0n) is 19.6. The molecule has 1 aromatic heterocycles. The van der Waals surface area contributed by atoms with Crippen molar-refractivity contribution < 1.29 is 19.2 Å². The molecule has 1 amide bonds. The molecule has 0 saturated carbocycles. The second-order valence-electron chi connectivity index (χ2n) is 7.86. The van der Waals surface area contributed by atoms with Gasteiger partial charge in [0, 0.05) is 45.5 Å². The number of nitrogen functional groups attached to an aromatic ring is 1. The second kappa shape index (κ2) is 12.0. The minimum Gasteiger partial charge on any atom is -0.383 e. The van der Waals surface area contributed by atoms with E-state index in [2.05, 4.69) is 10.3 Å². The van der Waals surface area contributed by atoms with Gasteiger partial charge in [0.1, 0.15) is 11.5 Å². The fourth-order valence-corrected chi connectivity index (χ4v) is 3.29. The monoisotopic (exact) mass is 478 g/mol. The Morgan fingerprint density at radius 3 is 2.53 bits per heavy atom. The number of nitrogens with two attached hydrogens (primary N) is 1. The first-order valence-corrected chi connectivity index (χ1v) is 10.6. The van der Waals surface area contributed by atoms with E-state index in [0.717, 1.165) is 11.0 Å². The summed E-state index contributed by atoms with van der Waals surface area (Å²) in [6, 6.07) is 3.92. The number of amides is 1. The standard InChI is InChI=1S/C21H30N6O7/c1-13(2)12-26-18(22)17(19(28)24-21(26)30)25(8-10-34-4)20(29)14-5-6-15(23-7-9-33-3)16(11-14)27(31)32/h5-6,11,13,23H,7-10,12,22H2,1-4H3,(H,24,28,30). The Labute approximate surface area is 195 Å². The maximum atomic E-state index is 13.4. The van der Waals surface area contributed by atoms with Gasteiger partial charge in [0.25, 0.3) is 17.2 Å². The number of aromatic nitrogens is 2. The minimum atomic E-state index is -0.848. The molecule has 2 rings (SSSR count). The van der Waals surface area contributed by atoms with Crippen LogP contribution >= 0.6 is 0 Å². The van der Waals surface area contributed by atoms with Gasteiger partial charge in [-0.1, -0.05) is 13.8 Å². The van der Waals surface area contributed by atoms with Crippen LogP contribution in [0.5, 0.6) is 0 Å². The Hall–Kier alpha value is -3.71. The van der Waals surface area contributed by atoms with E-state index < -0.39 is 22.1 Å². The van der Waals surface area contributed by atoms with Crippen LogP contribution in [0.1, 0.15) is 24.2 Å². The van der Waals surface area contributed by atoms with Crippen molar-refractivity contribution in [2.45, 2.75) is 20.4 Å². The van der Waals surface area contributed by atoms with Crippen LogP contribution in [0.4, 0.5) is 22.9 Å². The van der Waals surface area contributed by atoms with Crippen molar-refractivity contribution in [1.29, 1.82) is 0 Å². The number of hydrogen-bond donors (Lipinski definition) is 3. The van der Waals surface area contributed by atoms with Crippen molar-refractivity contribution in [2.75, 3.05) is 56.5 Å². The molecule has 1 aromatic carbocycles. The van der Waals surface area contributed by atoms with E-state index in [1.165, 1.54) is 30.9 Å². The molecule has 0 unspecified atom stereocenters. The zero-order valence-corrected chi connectivity index (χ0v) is 19.6. The Bertz CT molecular complexity index is 1140. The van der Waals surface area contributed by atoms with Crippen LogP contribution in [-0.2, 0) is 16.0 Å². The van der Waals surface area contributed by atoms with Crippen LogP contribution in [0.2, 0.25) is 0 Å². The molecule has 0 radical (unpaired) electrons. The van der Waals surface area contributed by atoms with Crippen molar-refractivity contribution in [3.8, 4) is 0 Å². The van der Waals surface area contributed by atoms with Gasteiger partial charge in [0.2, 0.25) is 0 Å². The molecule has 4 N–H and O–H groups in total. The fourth-order valence-electron chi connectivity index (χ4n) is 3.29. The number of hydrogen-bond acceptors (Lipinski definition) is 9. The van der Waals surface area contributed by atoms with E-state index in [1.807, 2.05) is 13.8 Å². The van der Waals surface area contributed by atoms with Crippen molar-refractivity contribution in [3.05, 3.63) is 54.7 Å². The number of methoxy groups -OCH3 is 2. The Morgan fingerprint density at radius 1 is 1.26 bits per heavy atom. The molecule has 0 saturated heterocycles. The van der Waals surface area contributed by atoms with Crippen LogP contribution in [0.25, 0.3) is 0 Å². The van der Waals surface area contributed by atoms with Crippen LogP contribution in [0.3, 0.4) is 0 Å². The molecule has 0 spiro atoms. The van der Waals surface area contributed by atoms with E-state index in [0.29, 0.717) is 13.2 Å². The van der Waals surface area contributed by atoms with Gasteiger partial charge in [-0.2, -0.15) is 0 Å². The van der Waals surface area contributed by atoms with E-state index in [4.69, 9.17) is 15.2 Å². The first kappa shape index (κ1) is 26.5. The molecule has 13 heteroatoms. The fraction of sp³-hybridized carbons (Fsp3) is 0.476. The first-order chi connectivity index (χ1) is 16.1. The molecule has 0 bridgehead atoms. The maximum absolute atomic E-state index is 13.4. The Morgan fingerprint density at radius 2 is 1.94 bits per heavy atom. The summed E-state index contributed by atoms with van der Waals surface area (Å²) in [7, 11) is 2.92. The molecular formula is C21H30N6O7. The average molecular weight is 479 g/mol. The quantitative estimate of drug-likeness (QED) is 0.228. The lowest BCUT2D eigenvalue weighted by atomic mass is 10.1.